The minimum absolute atomic E-state index is 0.0544. The quantitative estimate of drug-likeness (QED) is 0.290. The predicted molar refractivity (Wildman–Crippen MR) is 194 cm³/mol. The number of hydrogen-bond donors (Lipinski definition) is 2. The molecule has 254 valence electrons. The summed E-state index contributed by atoms with van der Waals surface area (Å²) in [5.41, 5.74) is 3.71. The van der Waals surface area contributed by atoms with E-state index in [0.717, 1.165) is 43.9 Å². The van der Waals surface area contributed by atoms with Gasteiger partial charge in [0.05, 0.1) is 6.04 Å². The number of halogens is 1. The van der Waals surface area contributed by atoms with Gasteiger partial charge in [-0.05, 0) is 89.3 Å². The van der Waals surface area contributed by atoms with Gasteiger partial charge in [-0.2, -0.15) is 0 Å². The number of amides is 2. The van der Waals surface area contributed by atoms with E-state index in [-0.39, 0.29) is 11.9 Å². The number of carbonyl (C=O) groups is 3. The SMILES string of the molecule is C=C.C=O.CC.CCCN(C(=O)CC)C(C)CN1CCCC1.CN[C@H]1CCCNC1=O.Cc1ccc(-c2ccc(Cl)cc2)cc1. The third kappa shape index (κ3) is 18.5. The van der Waals surface area contributed by atoms with Crippen LogP contribution in [0.3, 0.4) is 0 Å². The van der Waals surface area contributed by atoms with E-state index in [0.29, 0.717) is 18.4 Å². The van der Waals surface area contributed by atoms with Gasteiger partial charge in [-0.15, -0.1) is 13.2 Å². The molecule has 2 aliphatic heterocycles. The van der Waals surface area contributed by atoms with Gasteiger partial charge < -0.3 is 25.2 Å². The first-order valence-corrected chi connectivity index (χ1v) is 16.7. The summed E-state index contributed by atoms with van der Waals surface area (Å²) in [5, 5.41) is 6.50. The van der Waals surface area contributed by atoms with Crippen molar-refractivity contribution in [2.24, 2.45) is 0 Å². The maximum atomic E-state index is 11.8. The maximum Gasteiger partial charge on any atom is 0.237 e. The third-order valence-electron chi connectivity index (χ3n) is 7.20. The van der Waals surface area contributed by atoms with Crippen LogP contribution in [0.15, 0.2) is 61.7 Å². The molecular weight excluding hydrogens is 584 g/mol. The monoisotopic (exact) mass is 644 g/mol. The van der Waals surface area contributed by atoms with Gasteiger partial charge in [0.1, 0.15) is 6.79 Å². The zero-order valence-electron chi connectivity index (χ0n) is 29.2. The Hall–Kier alpha value is -3.00. The van der Waals surface area contributed by atoms with Crippen LogP contribution in [-0.4, -0.2) is 80.3 Å². The van der Waals surface area contributed by atoms with Crippen LogP contribution in [0.25, 0.3) is 11.1 Å². The Balaban J connectivity index is 0. The number of benzene rings is 2. The molecule has 8 heteroatoms. The topological polar surface area (TPSA) is 81.8 Å². The molecular formula is C37H61ClN4O3. The average Bonchev–Trinajstić information content (AvgIpc) is 3.61. The molecule has 2 aliphatic rings. The second-order valence-electron chi connectivity index (χ2n) is 10.4. The first-order chi connectivity index (χ1) is 21.8. The van der Waals surface area contributed by atoms with Crippen molar-refractivity contribution in [1.29, 1.82) is 0 Å². The van der Waals surface area contributed by atoms with Gasteiger partial charge in [0.25, 0.3) is 0 Å². The van der Waals surface area contributed by atoms with Crippen molar-refractivity contribution < 1.29 is 14.4 Å². The zero-order chi connectivity index (χ0) is 34.6. The highest BCUT2D eigenvalue weighted by molar-refractivity contribution is 6.30. The van der Waals surface area contributed by atoms with Crippen LogP contribution < -0.4 is 10.6 Å². The first-order valence-electron chi connectivity index (χ1n) is 16.4. The van der Waals surface area contributed by atoms with Crippen molar-refractivity contribution in [1.82, 2.24) is 20.4 Å². The van der Waals surface area contributed by atoms with Gasteiger partial charge in [0.15, 0.2) is 0 Å². The molecule has 7 nitrogen and oxygen atoms in total. The highest BCUT2D eigenvalue weighted by Gasteiger charge is 2.22. The Morgan fingerprint density at radius 3 is 1.93 bits per heavy atom. The Morgan fingerprint density at radius 2 is 1.51 bits per heavy atom. The Morgan fingerprint density at radius 1 is 1.00 bits per heavy atom. The molecule has 0 bridgehead atoms. The molecule has 4 rings (SSSR count). The Labute approximate surface area is 279 Å². The zero-order valence-corrected chi connectivity index (χ0v) is 29.9. The summed E-state index contributed by atoms with van der Waals surface area (Å²) in [4.78, 5) is 35.2. The fraction of sp³-hybridized carbons (Fsp3) is 0.541. The molecule has 2 aromatic carbocycles. The van der Waals surface area contributed by atoms with Crippen LogP contribution in [0.5, 0.6) is 0 Å². The lowest BCUT2D eigenvalue weighted by molar-refractivity contribution is -0.133. The summed E-state index contributed by atoms with van der Waals surface area (Å²) in [6.45, 7) is 25.6. The molecule has 1 unspecified atom stereocenters. The number of nitrogens with one attached hydrogen (secondary N) is 2. The second-order valence-corrected chi connectivity index (χ2v) is 10.9. The number of piperidine rings is 1. The van der Waals surface area contributed by atoms with Gasteiger partial charge >= 0.3 is 0 Å². The third-order valence-corrected chi connectivity index (χ3v) is 7.46. The molecule has 2 atom stereocenters. The van der Waals surface area contributed by atoms with E-state index in [9.17, 15) is 9.59 Å². The summed E-state index contributed by atoms with van der Waals surface area (Å²) in [5.74, 6) is 0.442. The van der Waals surface area contributed by atoms with E-state index in [4.69, 9.17) is 16.4 Å². The first kappa shape index (κ1) is 44.1. The second kappa shape index (κ2) is 28.5. The van der Waals surface area contributed by atoms with E-state index < -0.39 is 0 Å². The van der Waals surface area contributed by atoms with Gasteiger partial charge in [-0.3, -0.25) is 9.59 Å². The fourth-order valence-electron chi connectivity index (χ4n) is 4.91. The summed E-state index contributed by atoms with van der Waals surface area (Å²) in [6.07, 6.45) is 6.39. The van der Waals surface area contributed by atoms with Crippen LogP contribution in [0.4, 0.5) is 0 Å². The predicted octanol–water partition coefficient (Wildman–Crippen LogP) is 7.56. The normalized spacial score (nSPS) is 15.6. The fourth-order valence-corrected chi connectivity index (χ4v) is 5.03. The van der Waals surface area contributed by atoms with Gasteiger partial charge in [0.2, 0.25) is 11.8 Å². The maximum absolute atomic E-state index is 11.8. The van der Waals surface area contributed by atoms with Gasteiger partial charge in [0, 0.05) is 37.1 Å². The molecule has 0 aliphatic carbocycles. The molecule has 2 fully saturated rings. The minimum Gasteiger partial charge on any atom is -0.355 e. The highest BCUT2D eigenvalue weighted by Crippen LogP contribution is 2.21. The van der Waals surface area contributed by atoms with E-state index in [2.05, 4.69) is 78.6 Å². The van der Waals surface area contributed by atoms with Crippen molar-refractivity contribution >= 4 is 30.2 Å². The molecule has 2 aromatic rings. The molecule has 0 radical (unpaired) electrons. The molecule has 0 spiro atoms. The number of carbonyl (C=O) groups excluding carboxylic acids is 3. The molecule has 45 heavy (non-hydrogen) atoms. The molecule has 2 N–H and O–H groups in total. The van der Waals surface area contributed by atoms with Crippen molar-refractivity contribution in [2.45, 2.75) is 92.2 Å². The molecule has 2 amide bonds. The van der Waals surface area contributed by atoms with Crippen molar-refractivity contribution in [3.63, 3.8) is 0 Å². The van der Waals surface area contributed by atoms with Gasteiger partial charge in [-0.25, -0.2) is 0 Å². The van der Waals surface area contributed by atoms with Crippen LogP contribution in [0.1, 0.15) is 78.7 Å². The van der Waals surface area contributed by atoms with E-state index in [1.165, 1.54) is 42.6 Å². The minimum atomic E-state index is 0.0544. The van der Waals surface area contributed by atoms with Gasteiger partial charge in [-0.1, -0.05) is 81.3 Å². The number of likely N-dealkylation sites (N-methyl/N-ethyl adjacent to an activating group) is 1. The molecule has 0 aromatic heterocycles. The number of rotatable bonds is 8. The average molecular weight is 645 g/mol. The molecule has 0 saturated carbocycles. The Bertz CT molecular complexity index is 966. The van der Waals surface area contributed by atoms with Crippen LogP contribution in [-0.2, 0) is 14.4 Å². The van der Waals surface area contributed by atoms with Crippen molar-refractivity contribution in [2.75, 3.05) is 39.8 Å². The van der Waals surface area contributed by atoms with Crippen LogP contribution >= 0.6 is 11.6 Å². The smallest absolute Gasteiger partial charge is 0.237 e. The summed E-state index contributed by atoms with van der Waals surface area (Å²) < 4.78 is 0. The molecule has 2 heterocycles. The van der Waals surface area contributed by atoms with E-state index in [1.807, 2.05) is 58.9 Å². The largest absolute Gasteiger partial charge is 0.355 e. The van der Waals surface area contributed by atoms with E-state index >= 15 is 0 Å². The number of hydrogen-bond acceptors (Lipinski definition) is 5. The summed E-state index contributed by atoms with van der Waals surface area (Å²) in [6, 6.07) is 16.8. The lowest BCUT2D eigenvalue weighted by Crippen LogP contribution is -2.46. The van der Waals surface area contributed by atoms with E-state index in [1.54, 1.807) is 0 Å². The summed E-state index contributed by atoms with van der Waals surface area (Å²) >= 11 is 5.82. The van der Waals surface area contributed by atoms with Crippen molar-refractivity contribution in [3.05, 3.63) is 72.3 Å². The lowest BCUT2D eigenvalue weighted by atomic mass is 10.0. The number of aryl methyl sites for hydroxylation is 1. The van der Waals surface area contributed by atoms with Crippen molar-refractivity contribution in [3.8, 4) is 11.1 Å². The molecule has 2 saturated heterocycles. The van der Waals surface area contributed by atoms with Crippen LogP contribution in [0.2, 0.25) is 5.02 Å². The highest BCUT2D eigenvalue weighted by atomic mass is 35.5. The Kier molecular flexibility index (Phi) is 27.9. The standard InChI is InChI=1S/C13H11Cl.C13H26N2O.C6H12N2O.C2H6.C2H4.CH2O/c1-10-2-4-11(5-3-10)12-6-8-13(14)9-7-12;1-4-8-15(13(16)5-2)12(3)11-14-9-6-7-10-14;1-7-5-3-2-4-8-6(5)9;3*1-2/h2-9H,1H3;12H,4-11H2,1-3H3;5,7H,2-4H2,1H3,(H,8,9);1-2H3;1-2H2;1H2/t;;5-;;;/m..0.../s1. The lowest BCUT2D eigenvalue weighted by Gasteiger charge is -2.31. The summed E-state index contributed by atoms with van der Waals surface area (Å²) in [7, 11) is 1.82. The number of nitrogens with zero attached hydrogens (tertiary/aromatic N) is 2. The number of likely N-dealkylation sites (tertiary alicyclic amines) is 1. The van der Waals surface area contributed by atoms with Crippen LogP contribution in [0, 0.1) is 6.92 Å².